The highest BCUT2D eigenvalue weighted by molar-refractivity contribution is 5.79. The zero-order chi connectivity index (χ0) is 13.4. The van der Waals surface area contributed by atoms with E-state index in [2.05, 4.69) is 22.2 Å². The molecule has 1 aromatic carbocycles. The van der Waals surface area contributed by atoms with E-state index in [0.717, 1.165) is 6.54 Å². The molecule has 0 aromatic heterocycles. The van der Waals surface area contributed by atoms with Crippen LogP contribution in [0.4, 0.5) is 4.39 Å². The van der Waals surface area contributed by atoms with Crippen LogP contribution in [0.3, 0.4) is 0 Å². The third kappa shape index (κ3) is 4.45. The predicted octanol–water partition coefficient (Wildman–Crippen LogP) is 1.77. The van der Waals surface area contributed by atoms with E-state index < -0.39 is 5.82 Å². The van der Waals surface area contributed by atoms with Crippen LogP contribution >= 0.6 is 0 Å². The minimum atomic E-state index is -0.633. The molecule has 0 unspecified atom stereocenters. The van der Waals surface area contributed by atoms with E-state index in [1.807, 2.05) is 6.92 Å². The monoisotopic (exact) mass is 251 g/mol. The molecule has 0 fully saturated rings. The molecule has 0 amide bonds. The topological polar surface area (TPSA) is 56.7 Å². The first kappa shape index (κ1) is 14.0. The predicted molar refractivity (Wildman–Crippen MR) is 71.1 cm³/mol. The number of phenolic OH excluding ortho intramolecular Hbond substituents is 1. The summed E-state index contributed by atoms with van der Waals surface area (Å²) < 4.78 is 13.1. The number of nitrogens with one attached hydrogen (secondary N) is 2. The van der Waals surface area contributed by atoms with Crippen LogP contribution in [0.15, 0.2) is 35.8 Å². The standard InChI is InChI=1S/C13H18FN3O/c1-3-7-16-13(15-4-2)17-9-10-5-6-12(18)11(14)8-10/h3,5-6,8,18H,1,4,7,9H2,2H3,(H2,15,16,17). The van der Waals surface area contributed by atoms with Crippen LogP contribution in [0.5, 0.6) is 5.75 Å². The molecule has 0 aliphatic rings. The summed E-state index contributed by atoms with van der Waals surface area (Å²) in [5.74, 6) is -0.336. The van der Waals surface area contributed by atoms with Crippen molar-refractivity contribution in [2.45, 2.75) is 13.5 Å². The third-order valence-electron chi connectivity index (χ3n) is 2.19. The molecule has 1 aromatic rings. The Bertz CT molecular complexity index is 432. The number of nitrogens with zero attached hydrogens (tertiary/aromatic N) is 1. The molecular formula is C13H18FN3O. The maximum absolute atomic E-state index is 13.1. The number of guanidine groups is 1. The first-order valence-electron chi connectivity index (χ1n) is 5.77. The maximum atomic E-state index is 13.1. The van der Waals surface area contributed by atoms with E-state index >= 15 is 0 Å². The zero-order valence-electron chi connectivity index (χ0n) is 10.4. The van der Waals surface area contributed by atoms with Gasteiger partial charge in [-0.05, 0) is 24.6 Å². The lowest BCUT2D eigenvalue weighted by Gasteiger charge is -2.09. The molecule has 0 saturated carbocycles. The van der Waals surface area contributed by atoms with Crippen LogP contribution in [-0.4, -0.2) is 24.2 Å². The van der Waals surface area contributed by atoms with Gasteiger partial charge in [0.25, 0.3) is 0 Å². The van der Waals surface area contributed by atoms with E-state index in [4.69, 9.17) is 5.11 Å². The number of hydrogen-bond acceptors (Lipinski definition) is 2. The van der Waals surface area contributed by atoms with Crippen LogP contribution in [-0.2, 0) is 6.54 Å². The third-order valence-corrected chi connectivity index (χ3v) is 2.19. The Balaban J connectivity index is 2.67. The summed E-state index contributed by atoms with van der Waals surface area (Å²) in [5, 5.41) is 15.2. The number of benzene rings is 1. The fourth-order valence-electron chi connectivity index (χ4n) is 1.33. The molecule has 98 valence electrons. The van der Waals surface area contributed by atoms with Gasteiger partial charge in [-0.1, -0.05) is 12.1 Å². The van der Waals surface area contributed by atoms with Crippen molar-refractivity contribution in [3.63, 3.8) is 0 Å². The van der Waals surface area contributed by atoms with Crippen molar-refractivity contribution < 1.29 is 9.50 Å². The Morgan fingerprint density at radius 1 is 1.50 bits per heavy atom. The fraction of sp³-hybridized carbons (Fsp3) is 0.308. The molecule has 5 heteroatoms. The molecule has 3 N–H and O–H groups in total. The van der Waals surface area contributed by atoms with Crippen molar-refractivity contribution in [3.05, 3.63) is 42.2 Å². The van der Waals surface area contributed by atoms with E-state index in [9.17, 15) is 4.39 Å². The van der Waals surface area contributed by atoms with Crippen LogP contribution < -0.4 is 10.6 Å². The minimum Gasteiger partial charge on any atom is -0.505 e. The molecule has 0 aliphatic heterocycles. The summed E-state index contributed by atoms with van der Waals surface area (Å²) in [6.45, 7) is 7.26. The second-order valence-electron chi connectivity index (χ2n) is 3.65. The number of phenols is 1. The lowest BCUT2D eigenvalue weighted by atomic mass is 10.2. The smallest absolute Gasteiger partial charge is 0.191 e. The van der Waals surface area contributed by atoms with Gasteiger partial charge in [-0.2, -0.15) is 0 Å². The van der Waals surface area contributed by atoms with Gasteiger partial charge in [0.1, 0.15) is 0 Å². The lowest BCUT2D eigenvalue weighted by molar-refractivity contribution is 0.432. The molecule has 0 spiro atoms. The van der Waals surface area contributed by atoms with Gasteiger partial charge < -0.3 is 15.7 Å². The van der Waals surface area contributed by atoms with Gasteiger partial charge in [0, 0.05) is 13.1 Å². The maximum Gasteiger partial charge on any atom is 0.191 e. The zero-order valence-corrected chi connectivity index (χ0v) is 10.4. The van der Waals surface area contributed by atoms with E-state index in [1.54, 1.807) is 12.1 Å². The summed E-state index contributed by atoms with van der Waals surface area (Å²) in [6.07, 6.45) is 1.73. The summed E-state index contributed by atoms with van der Waals surface area (Å²) in [7, 11) is 0. The van der Waals surface area contributed by atoms with Gasteiger partial charge in [-0.3, -0.25) is 0 Å². The van der Waals surface area contributed by atoms with Crippen LogP contribution in [0.2, 0.25) is 0 Å². The van der Waals surface area contributed by atoms with Crippen molar-refractivity contribution in [1.29, 1.82) is 0 Å². The number of halogens is 1. The molecule has 0 radical (unpaired) electrons. The van der Waals surface area contributed by atoms with Gasteiger partial charge in [0.05, 0.1) is 6.54 Å². The van der Waals surface area contributed by atoms with E-state index in [-0.39, 0.29) is 5.75 Å². The molecule has 0 bridgehead atoms. The SMILES string of the molecule is C=CCNC(=NCc1ccc(O)c(F)c1)NCC. The van der Waals surface area contributed by atoms with Crippen LogP contribution in [0.1, 0.15) is 12.5 Å². The normalized spacial score (nSPS) is 11.1. The van der Waals surface area contributed by atoms with Crippen molar-refractivity contribution in [2.75, 3.05) is 13.1 Å². The molecule has 18 heavy (non-hydrogen) atoms. The number of rotatable bonds is 5. The average molecular weight is 251 g/mol. The second kappa shape index (κ2) is 7.32. The first-order valence-corrected chi connectivity index (χ1v) is 5.77. The molecule has 1 rings (SSSR count). The summed E-state index contributed by atoms with van der Waals surface area (Å²) >= 11 is 0. The molecular weight excluding hydrogens is 233 g/mol. The van der Waals surface area contributed by atoms with E-state index in [0.29, 0.717) is 24.6 Å². The van der Waals surface area contributed by atoms with Gasteiger partial charge in [-0.15, -0.1) is 6.58 Å². The van der Waals surface area contributed by atoms with Crippen molar-refractivity contribution in [2.24, 2.45) is 4.99 Å². The Morgan fingerprint density at radius 3 is 2.89 bits per heavy atom. The van der Waals surface area contributed by atoms with Gasteiger partial charge in [-0.25, -0.2) is 9.38 Å². The van der Waals surface area contributed by atoms with E-state index in [1.165, 1.54) is 12.1 Å². The molecule has 0 atom stereocenters. The lowest BCUT2D eigenvalue weighted by Crippen LogP contribution is -2.37. The number of aromatic hydroxyl groups is 1. The van der Waals surface area contributed by atoms with Crippen molar-refractivity contribution in [1.82, 2.24) is 10.6 Å². The largest absolute Gasteiger partial charge is 0.505 e. The Labute approximate surface area is 106 Å². The van der Waals surface area contributed by atoms with Crippen LogP contribution in [0.25, 0.3) is 0 Å². The Hall–Kier alpha value is -2.04. The van der Waals surface area contributed by atoms with Crippen molar-refractivity contribution in [3.8, 4) is 5.75 Å². The fourth-order valence-corrected chi connectivity index (χ4v) is 1.33. The van der Waals surface area contributed by atoms with Gasteiger partial charge in [0.2, 0.25) is 0 Å². The highest BCUT2D eigenvalue weighted by Crippen LogP contribution is 2.16. The summed E-state index contributed by atoms with van der Waals surface area (Å²) in [6, 6.07) is 4.24. The molecule has 0 saturated heterocycles. The summed E-state index contributed by atoms with van der Waals surface area (Å²) in [4.78, 5) is 4.29. The first-order chi connectivity index (χ1) is 8.67. The van der Waals surface area contributed by atoms with Gasteiger partial charge >= 0.3 is 0 Å². The Kier molecular flexibility index (Phi) is 5.70. The highest BCUT2D eigenvalue weighted by atomic mass is 19.1. The molecule has 0 aliphatic carbocycles. The quantitative estimate of drug-likeness (QED) is 0.425. The summed E-state index contributed by atoms with van der Waals surface area (Å²) in [5.41, 5.74) is 0.695. The molecule has 0 heterocycles. The number of hydrogen-bond donors (Lipinski definition) is 3. The van der Waals surface area contributed by atoms with Crippen molar-refractivity contribution >= 4 is 5.96 Å². The molecule has 4 nitrogen and oxygen atoms in total. The minimum absolute atomic E-state index is 0.337. The average Bonchev–Trinajstić information content (AvgIpc) is 2.37. The highest BCUT2D eigenvalue weighted by Gasteiger charge is 2.01. The van der Waals surface area contributed by atoms with Gasteiger partial charge in [0.15, 0.2) is 17.5 Å². The van der Waals surface area contributed by atoms with Crippen LogP contribution in [0, 0.1) is 5.82 Å². The Morgan fingerprint density at radius 2 is 2.28 bits per heavy atom. The second-order valence-corrected chi connectivity index (χ2v) is 3.65. The number of aliphatic imine (C=N–C) groups is 1.